The fourth-order valence-corrected chi connectivity index (χ4v) is 4.95. The molecule has 0 saturated heterocycles. The molecule has 3 N–H and O–H groups in total. The van der Waals surface area contributed by atoms with Gasteiger partial charge in [0.25, 0.3) is 11.1 Å². The van der Waals surface area contributed by atoms with Crippen LogP contribution in [0.3, 0.4) is 0 Å². The average molecular weight is 887 g/mol. The van der Waals surface area contributed by atoms with Crippen molar-refractivity contribution in [3.63, 3.8) is 0 Å². The fourth-order valence-electron chi connectivity index (χ4n) is 4.32. The predicted octanol–water partition coefficient (Wildman–Crippen LogP) is 10.4. The normalized spacial score (nSPS) is 12.6. The van der Waals surface area contributed by atoms with Gasteiger partial charge in [-0.3, -0.25) is 18.7 Å². The molecule has 0 bridgehead atoms. The first-order valence-corrected chi connectivity index (χ1v) is 16.4. The van der Waals surface area contributed by atoms with Crippen LogP contribution in [0.15, 0.2) is 63.3 Å². The van der Waals surface area contributed by atoms with Crippen LogP contribution < -0.4 is 22.2 Å². The highest BCUT2D eigenvalue weighted by Crippen LogP contribution is 2.41. The van der Waals surface area contributed by atoms with Gasteiger partial charge in [0.15, 0.2) is 16.5 Å². The summed E-state index contributed by atoms with van der Waals surface area (Å²) >= 11 is 1.02. The van der Waals surface area contributed by atoms with Crippen molar-refractivity contribution in [2.45, 2.75) is 69.2 Å². The van der Waals surface area contributed by atoms with E-state index in [1.165, 1.54) is 11.5 Å². The van der Waals surface area contributed by atoms with Crippen LogP contribution in [-0.2, 0) is 50.1 Å². The minimum atomic E-state index is -5.12. The summed E-state index contributed by atoms with van der Waals surface area (Å²) in [4.78, 5) is 29.6. The fraction of sp³-hybridized carbons (Fsp3) is 0.355. The molecule has 0 aliphatic heterocycles. The van der Waals surface area contributed by atoms with E-state index >= 15 is 0 Å². The number of hydrogen-bond acceptors (Lipinski definition) is 7. The van der Waals surface area contributed by atoms with Crippen molar-refractivity contribution in [1.29, 1.82) is 0 Å². The number of hydrogen-bond donors (Lipinski definition) is 2. The Bertz CT molecular complexity index is 2170. The summed E-state index contributed by atoms with van der Waals surface area (Å²) in [5, 5.41) is 1.88. The largest absolute Gasteiger partial charge is 0.433 e. The second-order valence-corrected chi connectivity index (χ2v) is 11.7. The van der Waals surface area contributed by atoms with Gasteiger partial charge in [-0.1, -0.05) is 11.8 Å². The predicted molar refractivity (Wildman–Crippen MR) is 171 cm³/mol. The second kappa shape index (κ2) is 17.8. The molecule has 8 nitrogen and oxygen atoms in total. The molecule has 0 atom stereocenters. The lowest BCUT2D eigenvalue weighted by Crippen LogP contribution is -2.26. The number of nitrogens with one attached hydrogen (secondary N) is 1. The van der Waals surface area contributed by atoms with Crippen molar-refractivity contribution in [3.05, 3.63) is 103 Å². The highest BCUT2D eigenvalue weighted by molar-refractivity contribution is 7.98. The van der Waals surface area contributed by atoms with Gasteiger partial charge in [0, 0.05) is 30.9 Å². The van der Waals surface area contributed by atoms with E-state index in [-0.39, 0.29) is 42.0 Å². The van der Waals surface area contributed by atoms with E-state index in [1.54, 1.807) is 18.5 Å². The first-order valence-electron chi connectivity index (χ1n) is 15.2. The Morgan fingerprint density at radius 2 is 0.983 bits per heavy atom. The van der Waals surface area contributed by atoms with E-state index < -0.39 is 99.1 Å². The van der Waals surface area contributed by atoms with Crippen molar-refractivity contribution in [2.75, 3.05) is 17.3 Å². The van der Waals surface area contributed by atoms with Crippen LogP contribution in [0.5, 0.6) is 0 Å². The van der Waals surface area contributed by atoms with Crippen LogP contribution in [0, 0.1) is 0 Å². The minimum Gasteiger partial charge on any atom is -0.398 e. The third-order valence-corrected chi connectivity index (χ3v) is 7.64. The number of alkyl halides is 18. The molecular weight excluding hydrogens is 862 g/mol. The molecule has 0 amide bonds. The van der Waals surface area contributed by atoms with Gasteiger partial charge >= 0.3 is 37.1 Å². The summed E-state index contributed by atoms with van der Waals surface area (Å²) < 4.78 is 228. The Labute approximate surface area is 316 Å². The third kappa shape index (κ3) is 13.0. The van der Waals surface area contributed by atoms with Gasteiger partial charge in [0.05, 0.1) is 27.9 Å². The van der Waals surface area contributed by atoms with Gasteiger partial charge in [-0.15, -0.1) is 0 Å². The molecule has 4 rings (SSSR count). The zero-order valence-corrected chi connectivity index (χ0v) is 29.7. The smallest absolute Gasteiger partial charge is 0.398 e. The molecule has 2 aromatic heterocycles. The molecule has 2 heterocycles. The minimum absolute atomic E-state index is 0.0786. The van der Waals surface area contributed by atoms with Crippen molar-refractivity contribution >= 4 is 29.1 Å². The maximum Gasteiger partial charge on any atom is 0.433 e. The molecule has 4 aromatic rings. The van der Waals surface area contributed by atoms with Crippen LogP contribution >= 0.6 is 11.8 Å². The van der Waals surface area contributed by atoms with Crippen LogP contribution in [0.4, 0.5) is 96.4 Å². The number of aromatic nitrogens is 4. The summed E-state index contributed by atoms with van der Waals surface area (Å²) in [6.07, 6.45) is -27.7. The monoisotopic (exact) mass is 886 g/mol. The SMILES string of the molecule is CCn1c(Nc2cc(C(F)(F)F)ccc2C(F)(F)F)nc(C(F)(F)F)cc1=O.CCn1c(SC)nc(C(F)(F)F)cc1=O.Nc1cc(C(F)(F)F)ccc1C(F)(F)F. The van der Waals surface area contributed by atoms with Gasteiger partial charge in [-0.25, -0.2) is 9.97 Å². The lowest BCUT2D eigenvalue weighted by atomic mass is 10.1. The van der Waals surface area contributed by atoms with Crippen LogP contribution in [0.2, 0.25) is 0 Å². The van der Waals surface area contributed by atoms with Gasteiger partial charge in [-0.05, 0) is 56.5 Å². The Kier molecular flexibility index (Phi) is 15.0. The number of rotatable bonds is 5. The molecule has 0 spiro atoms. The summed E-state index contributed by atoms with van der Waals surface area (Å²) in [5.41, 5.74) is -7.52. The third-order valence-electron chi connectivity index (χ3n) is 6.96. The maximum atomic E-state index is 13.1. The van der Waals surface area contributed by atoms with E-state index in [0.717, 1.165) is 11.8 Å². The van der Waals surface area contributed by atoms with Crippen molar-refractivity contribution < 1.29 is 79.0 Å². The van der Waals surface area contributed by atoms with Crippen LogP contribution in [0.1, 0.15) is 47.5 Å². The van der Waals surface area contributed by atoms with E-state index in [1.807, 2.05) is 0 Å². The summed E-state index contributed by atoms with van der Waals surface area (Å²) in [6.45, 7) is 2.97. The Morgan fingerprint density at radius 1 is 0.569 bits per heavy atom. The molecule has 322 valence electrons. The Hall–Kier alpha value is -5.11. The number of benzene rings is 2. The molecule has 0 fully saturated rings. The Morgan fingerprint density at radius 3 is 1.36 bits per heavy atom. The van der Waals surface area contributed by atoms with Crippen molar-refractivity contribution in [2.24, 2.45) is 0 Å². The molecule has 27 heteroatoms. The zero-order valence-electron chi connectivity index (χ0n) is 28.9. The highest BCUT2D eigenvalue weighted by Gasteiger charge is 2.39. The van der Waals surface area contributed by atoms with Crippen LogP contribution in [-0.4, -0.2) is 25.4 Å². The molecule has 0 radical (unpaired) electrons. The molecule has 2 aromatic carbocycles. The molecule has 58 heavy (non-hydrogen) atoms. The number of nitrogens with two attached hydrogens (primary N) is 1. The van der Waals surface area contributed by atoms with Crippen molar-refractivity contribution in [3.8, 4) is 0 Å². The number of thioether (sulfide) groups is 1. The van der Waals surface area contributed by atoms with Crippen LogP contribution in [0.25, 0.3) is 0 Å². The van der Waals surface area contributed by atoms with Gasteiger partial charge in [-0.2, -0.15) is 79.0 Å². The summed E-state index contributed by atoms with van der Waals surface area (Å²) in [7, 11) is 0. The number of anilines is 3. The summed E-state index contributed by atoms with van der Waals surface area (Å²) in [6, 6.07) is 1.97. The molecular formula is C31H24F18N6O2S. The lowest BCUT2D eigenvalue weighted by molar-refractivity contribution is -0.142. The van der Waals surface area contributed by atoms with Gasteiger partial charge < -0.3 is 11.1 Å². The van der Waals surface area contributed by atoms with Gasteiger partial charge in [0.2, 0.25) is 5.95 Å². The topological polar surface area (TPSA) is 108 Å². The first kappa shape index (κ1) is 49.0. The molecule has 0 unspecified atom stereocenters. The number of halogens is 18. The van der Waals surface area contributed by atoms with Gasteiger partial charge in [0.1, 0.15) is 0 Å². The highest BCUT2D eigenvalue weighted by atomic mass is 32.2. The molecule has 0 aliphatic carbocycles. The quantitative estimate of drug-likeness (QED) is 0.0889. The average Bonchev–Trinajstić information content (AvgIpc) is 3.05. The van der Waals surface area contributed by atoms with E-state index in [2.05, 4.69) is 9.97 Å². The maximum absolute atomic E-state index is 13.1. The first-order chi connectivity index (χ1) is 26.2. The lowest BCUT2D eigenvalue weighted by Gasteiger charge is -2.19. The van der Waals surface area contributed by atoms with E-state index in [0.29, 0.717) is 29.3 Å². The van der Waals surface area contributed by atoms with Crippen molar-refractivity contribution in [1.82, 2.24) is 19.1 Å². The van der Waals surface area contributed by atoms with E-state index in [9.17, 15) is 88.6 Å². The number of nitrogen functional groups attached to an aromatic ring is 1. The standard InChI is InChI=1S/C15H10F9N3O.C8H5F6N.C8H9F3N2OS/c1-2-27-11(28)6-10(15(22,23)24)26-12(27)25-9-5-7(13(16,17)18)3-4-8(9)14(19,20)21;9-7(10,11)4-1-2-5(6(15)3-4)8(12,13)14;1-3-13-6(14)4-5(8(9,10)11)12-7(13)15-2/h3-6H,2H2,1H3,(H,25,26);1-3H,15H2;4H,3H2,1-2H3. The molecule has 0 saturated carbocycles. The second-order valence-electron chi connectivity index (χ2n) is 10.9. The molecule has 0 aliphatic rings. The summed E-state index contributed by atoms with van der Waals surface area (Å²) in [5.74, 6) is -0.979. The zero-order chi connectivity index (χ0) is 45.0. The van der Waals surface area contributed by atoms with E-state index in [4.69, 9.17) is 5.73 Å². The number of nitrogens with zero attached hydrogens (tertiary/aromatic N) is 4. The Balaban J connectivity index is 0.000000327.